The lowest BCUT2D eigenvalue weighted by Crippen LogP contribution is -2.36. The Morgan fingerprint density at radius 2 is 1.85 bits per heavy atom. The summed E-state index contributed by atoms with van der Waals surface area (Å²) in [4.78, 5) is 34.2. The molecule has 26 heavy (non-hydrogen) atoms. The number of ether oxygens (including phenoxy) is 2. The number of hydrogen-bond acceptors (Lipinski definition) is 6. The normalized spacial score (nSPS) is 10.3. The first-order chi connectivity index (χ1) is 11.7. The highest BCUT2D eigenvalue weighted by molar-refractivity contribution is 5.97. The number of hydrogen-bond donors (Lipinski definition) is 3. The maximum Gasteiger partial charge on any atom is 0.422 e. The minimum absolute atomic E-state index is 0. The van der Waals surface area contributed by atoms with Crippen molar-refractivity contribution >= 4 is 35.9 Å². The molecule has 0 aliphatic heterocycles. The van der Waals surface area contributed by atoms with Crippen molar-refractivity contribution < 1.29 is 37.0 Å². The van der Waals surface area contributed by atoms with E-state index in [2.05, 4.69) is 20.1 Å². The lowest BCUT2D eigenvalue weighted by molar-refractivity contribution is -0.153. The van der Waals surface area contributed by atoms with Crippen LogP contribution in [0.3, 0.4) is 0 Å². The van der Waals surface area contributed by atoms with E-state index in [-0.39, 0.29) is 36.0 Å². The van der Waals surface area contributed by atoms with Gasteiger partial charge in [0.2, 0.25) is 11.8 Å². The highest BCUT2D eigenvalue weighted by Crippen LogP contribution is 2.28. The van der Waals surface area contributed by atoms with Crippen molar-refractivity contribution in [2.24, 2.45) is 5.73 Å². The van der Waals surface area contributed by atoms with Gasteiger partial charge >= 0.3 is 12.1 Å². The molecule has 1 aromatic rings. The van der Waals surface area contributed by atoms with Crippen LogP contribution >= 0.6 is 12.4 Å². The number of benzene rings is 1. The fraction of sp³-hybridized carbons (Fsp3) is 0.357. The topological polar surface area (TPSA) is 120 Å². The lowest BCUT2D eigenvalue weighted by atomic mass is 10.2. The van der Waals surface area contributed by atoms with Gasteiger partial charge in [-0.05, 0) is 18.2 Å². The summed E-state index contributed by atoms with van der Waals surface area (Å²) >= 11 is 0. The summed E-state index contributed by atoms with van der Waals surface area (Å²) in [5, 5.41) is 4.47. The van der Waals surface area contributed by atoms with Gasteiger partial charge in [-0.3, -0.25) is 9.59 Å². The maximum atomic E-state index is 12.3. The van der Waals surface area contributed by atoms with E-state index in [0.29, 0.717) is 0 Å². The van der Waals surface area contributed by atoms with E-state index in [9.17, 15) is 27.6 Å². The molecule has 0 aliphatic rings. The number of alkyl halides is 3. The van der Waals surface area contributed by atoms with Crippen molar-refractivity contribution in [2.75, 3.05) is 32.1 Å². The van der Waals surface area contributed by atoms with Gasteiger partial charge in [-0.2, -0.15) is 13.2 Å². The van der Waals surface area contributed by atoms with E-state index in [4.69, 9.17) is 5.73 Å². The van der Waals surface area contributed by atoms with Gasteiger partial charge in [0.15, 0.2) is 6.61 Å². The van der Waals surface area contributed by atoms with Crippen LogP contribution in [-0.2, 0) is 14.3 Å². The van der Waals surface area contributed by atoms with Crippen LogP contribution in [0.2, 0.25) is 0 Å². The number of nitrogens with one attached hydrogen (secondary N) is 2. The Hall–Kier alpha value is -2.53. The molecule has 0 aliphatic carbocycles. The monoisotopic (exact) mass is 399 g/mol. The molecule has 1 rings (SSSR count). The number of amides is 2. The van der Waals surface area contributed by atoms with E-state index in [1.165, 1.54) is 12.1 Å². The maximum absolute atomic E-state index is 12.3. The van der Waals surface area contributed by atoms with E-state index >= 15 is 0 Å². The molecule has 0 unspecified atom stereocenters. The first kappa shape index (κ1) is 23.5. The highest BCUT2D eigenvalue weighted by Gasteiger charge is 2.29. The summed E-state index contributed by atoms with van der Waals surface area (Å²) in [5.41, 5.74) is 4.89. The molecule has 0 atom stereocenters. The minimum Gasteiger partial charge on any atom is -0.482 e. The molecule has 0 radical (unpaired) electrons. The van der Waals surface area contributed by atoms with Crippen LogP contribution in [0, 0.1) is 0 Å². The molecule has 0 saturated heterocycles. The zero-order valence-corrected chi connectivity index (χ0v) is 14.3. The van der Waals surface area contributed by atoms with E-state index < -0.39 is 37.1 Å². The number of rotatable bonds is 7. The molecular formula is C14H17ClF3N3O5. The second-order valence-corrected chi connectivity index (χ2v) is 4.64. The van der Waals surface area contributed by atoms with Crippen molar-refractivity contribution in [3.63, 3.8) is 0 Å². The Morgan fingerprint density at radius 1 is 1.19 bits per heavy atom. The third-order valence-corrected chi connectivity index (χ3v) is 2.70. The Bertz CT molecular complexity index is 655. The van der Waals surface area contributed by atoms with Gasteiger partial charge in [-0.1, -0.05) is 0 Å². The smallest absolute Gasteiger partial charge is 0.422 e. The van der Waals surface area contributed by atoms with Crippen LogP contribution in [0.25, 0.3) is 0 Å². The average Bonchev–Trinajstić information content (AvgIpc) is 2.57. The zero-order chi connectivity index (χ0) is 19.0. The number of methoxy groups -OCH3 is 1. The second-order valence-electron chi connectivity index (χ2n) is 4.64. The highest BCUT2D eigenvalue weighted by atomic mass is 35.5. The molecule has 0 aromatic heterocycles. The van der Waals surface area contributed by atoms with Crippen LogP contribution in [0.5, 0.6) is 5.75 Å². The average molecular weight is 400 g/mol. The van der Waals surface area contributed by atoms with Gasteiger partial charge in [0.05, 0.1) is 31.5 Å². The SMILES string of the molecule is COC(=O)c1ccc(NC(=O)CNC(=O)CN)c(OCC(F)(F)F)c1.Cl. The summed E-state index contributed by atoms with van der Waals surface area (Å²) in [7, 11) is 1.11. The molecule has 1 aromatic carbocycles. The van der Waals surface area contributed by atoms with Gasteiger partial charge in [0.1, 0.15) is 5.75 Å². The molecule has 12 heteroatoms. The number of halogens is 4. The first-order valence-corrected chi connectivity index (χ1v) is 6.84. The van der Waals surface area contributed by atoms with Crippen LogP contribution in [0.15, 0.2) is 18.2 Å². The first-order valence-electron chi connectivity index (χ1n) is 6.84. The molecule has 0 heterocycles. The zero-order valence-electron chi connectivity index (χ0n) is 13.5. The van der Waals surface area contributed by atoms with Crippen LogP contribution in [-0.4, -0.2) is 50.8 Å². The van der Waals surface area contributed by atoms with Crippen molar-refractivity contribution in [1.82, 2.24) is 5.32 Å². The molecule has 0 spiro atoms. The second kappa shape index (κ2) is 10.5. The minimum atomic E-state index is -4.61. The molecule has 0 fully saturated rings. The van der Waals surface area contributed by atoms with E-state index in [1.54, 1.807) is 0 Å². The van der Waals surface area contributed by atoms with Gasteiger partial charge in [0.25, 0.3) is 0 Å². The Kier molecular flexibility index (Phi) is 9.44. The molecule has 0 saturated carbocycles. The van der Waals surface area contributed by atoms with Gasteiger partial charge in [-0.15, -0.1) is 12.4 Å². The molecular weight excluding hydrogens is 383 g/mol. The lowest BCUT2D eigenvalue weighted by Gasteiger charge is -2.15. The summed E-state index contributed by atoms with van der Waals surface area (Å²) in [5.74, 6) is -2.46. The number of nitrogens with two attached hydrogens (primary N) is 1. The van der Waals surface area contributed by atoms with E-state index in [0.717, 1.165) is 13.2 Å². The Morgan fingerprint density at radius 3 is 2.38 bits per heavy atom. The molecule has 146 valence electrons. The van der Waals surface area contributed by atoms with Crippen LogP contribution < -0.4 is 21.1 Å². The Labute approximate surface area is 152 Å². The van der Waals surface area contributed by atoms with Crippen LogP contribution in [0.1, 0.15) is 10.4 Å². The molecule has 0 bridgehead atoms. The van der Waals surface area contributed by atoms with Crippen molar-refractivity contribution in [2.45, 2.75) is 6.18 Å². The standard InChI is InChI=1S/C14H16F3N3O5.ClH/c1-24-13(23)8-2-3-9(10(4-8)25-7-14(15,16)17)20-12(22)6-19-11(21)5-18;/h2-4H,5-7,18H2,1H3,(H,19,21)(H,20,22);1H. The third kappa shape index (κ3) is 8.03. The third-order valence-electron chi connectivity index (χ3n) is 2.70. The van der Waals surface area contributed by atoms with Crippen molar-refractivity contribution in [1.29, 1.82) is 0 Å². The fourth-order valence-corrected chi connectivity index (χ4v) is 1.59. The molecule has 8 nitrogen and oxygen atoms in total. The number of carbonyl (C=O) groups is 3. The largest absolute Gasteiger partial charge is 0.482 e. The number of carbonyl (C=O) groups excluding carboxylic acids is 3. The summed E-state index contributed by atoms with van der Waals surface area (Å²) in [6.07, 6.45) is -4.61. The number of anilines is 1. The molecule has 2 amide bonds. The van der Waals surface area contributed by atoms with Gasteiger partial charge in [-0.25, -0.2) is 4.79 Å². The Balaban J connectivity index is 0.00000625. The van der Waals surface area contributed by atoms with Gasteiger partial charge in [0, 0.05) is 0 Å². The van der Waals surface area contributed by atoms with Crippen LogP contribution in [0.4, 0.5) is 18.9 Å². The molecule has 4 N–H and O–H groups in total. The summed E-state index contributed by atoms with van der Waals surface area (Å²) in [6.45, 7) is -2.38. The van der Waals surface area contributed by atoms with Crippen molar-refractivity contribution in [3.8, 4) is 5.75 Å². The quantitative estimate of drug-likeness (QED) is 0.585. The van der Waals surface area contributed by atoms with Gasteiger partial charge < -0.3 is 25.8 Å². The van der Waals surface area contributed by atoms with Crippen molar-refractivity contribution in [3.05, 3.63) is 23.8 Å². The number of esters is 1. The summed E-state index contributed by atoms with van der Waals surface area (Å²) < 4.78 is 46.1. The summed E-state index contributed by atoms with van der Waals surface area (Å²) in [6, 6.07) is 3.42. The predicted octanol–water partition coefficient (Wildman–Crippen LogP) is 0.850. The predicted molar refractivity (Wildman–Crippen MR) is 87.3 cm³/mol. The van der Waals surface area contributed by atoms with E-state index in [1.807, 2.05) is 0 Å². The fourth-order valence-electron chi connectivity index (χ4n) is 1.59.